The number of hydrogen-bond donors (Lipinski definition) is 2. The van der Waals surface area contributed by atoms with Crippen LogP contribution in [-0.4, -0.2) is 68.0 Å². The number of alkyl carbamates (subject to hydrolysis) is 1. The van der Waals surface area contributed by atoms with E-state index in [9.17, 15) is 14.4 Å². The summed E-state index contributed by atoms with van der Waals surface area (Å²) in [4.78, 5) is 47.0. The molecule has 1 heterocycles. The second-order valence-electron chi connectivity index (χ2n) is 13.6. The van der Waals surface area contributed by atoms with Gasteiger partial charge in [-0.1, -0.05) is 62.4 Å². The third-order valence-corrected chi connectivity index (χ3v) is 8.54. The normalized spacial score (nSPS) is 12.1. The summed E-state index contributed by atoms with van der Waals surface area (Å²) in [6.45, 7) is 7.72. The number of hydrogen-bond acceptors (Lipinski definition) is 7. The molecule has 0 aliphatic carbocycles. The van der Waals surface area contributed by atoms with Gasteiger partial charge in [0.25, 0.3) is 5.91 Å². The number of amides is 2. The SMILES string of the molecule is COc1ccc(-c2cc(C(=O)NC(CCCCNC(=O)OCc3ccccc3)C(=O)CCC(C)(C)CN(C)C)c3ccccc3n2)cc1C. The summed E-state index contributed by atoms with van der Waals surface area (Å²) in [5.41, 5.74) is 4.49. The van der Waals surface area contributed by atoms with Gasteiger partial charge in [-0.15, -0.1) is 0 Å². The number of benzene rings is 3. The first-order chi connectivity index (χ1) is 23.5. The first-order valence-electron chi connectivity index (χ1n) is 16.9. The van der Waals surface area contributed by atoms with Crippen LogP contribution >= 0.6 is 0 Å². The van der Waals surface area contributed by atoms with E-state index in [0.29, 0.717) is 60.8 Å². The molecule has 3 aromatic carbocycles. The zero-order valence-electron chi connectivity index (χ0n) is 29.7. The average Bonchev–Trinajstić information content (AvgIpc) is 3.08. The first-order valence-corrected chi connectivity index (χ1v) is 16.9. The molecule has 260 valence electrons. The summed E-state index contributed by atoms with van der Waals surface area (Å²) in [6.07, 6.45) is 2.27. The molecule has 0 fully saturated rings. The van der Waals surface area contributed by atoms with Gasteiger partial charge in [0.05, 0.1) is 29.9 Å². The van der Waals surface area contributed by atoms with Crippen molar-refractivity contribution < 1.29 is 23.9 Å². The van der Waals surface area contributed by atoms with Crippen LogP contribution in [0.1, 0.15) is 67.4 Å². The van der Waals surface area contributed by atoms with Crippen molar-refractivity contribution >= 4 is 28.7 Å². The van der Waals surface area contributed by atoms with Crippen molar-refractivity contribution in [2.24, 2.45) is 5.41 Å². The Morgan fingerprint density at radius 2 is 1.67 bits per heavy atom. The fourth-order valence-corrected chi connectivity index (χ4v) is 6.11. The minimum Gasteiger partial charge on any atom is -0.496 e. The van der Waals surface area contributed by atoms with Gasteiger partial charge in [-0.2, -0.15) is 0 Å². The standard InChI is InChI=1S/C40H50N4O5/c1-28-24-30(19-20-37(28)48-6)35-25-32(31-16-10-11-17-33(31)42-35)38(46)43-34(36(45)21-22-40(2,3)27-44(4)5)18-12-13-23-41-39(47)49-26-29-14-8-7-9-15-29/h7-11,14-17,19-20,24-25,34H,12-13,18,21-23,26-27H2,1-6H3,(H,41,47)(H,43,46). The van der Waals surface area contributed by atoms with E-state index in [2.05, 4.69) is 29.4 Å². The van der Waals surface area contributed by atoms with Crippen LogP contribution in [0.4, 0.5) is 4.79 Å². The number of unbranched alkanes of at least 4 members (excludes halogenated alkanes) is 1. The summed E-state index contributed by atoms with van der Waals surface area (Å²) in [6, 6.07) is 24.0. The Kier molecular flexibility index (Phi) is 13.3. The summed E-state index contributed by atoms with van der Waals surface area (Å²) in [5, 5.41) is 6.59. The summed E-state index contributed by atoms with van der Waals surface area (Å²) >= 11 is 0. The molecule has 1 atom stereocenters. The molecular weight excluding hydrogens is 616 g/mol. The maximum Gasteiger partial charge on any atom is 0.407 e. The molecule has 0 saturated carbocycles. The molecular formula is C40H50N4O5. The van der Waals surface area contributed by atoms with Crippen LogP contribution < -0.4 is 15.4 Å². The molecule has 0 aliphatic heterocycles. The van der Waals surface area contributed by atoms with E-state index in [1.165, 1.54) is 0 Å². The lowest BCUT2D eigenvalue weighted by Gasteiger charge is -2.28. The number of aryl methyl sites for hydroxylation is 1. The second kappa shape index (κ2) is 17.6. The van der Waals surface area contributed by atoms with E-state index in [-0.39, 0.29) is 23.7 Å². The van der Waals surface area contributed by atoms with Gasteiger partial charge in [-0.25, -0.2) is 9.78 Å². The van der Waals surface area contributed by atoms with E-state index in [1.54, 1.807) is 13.2 Å². The molecule has 4 rings (SSSR count). The van der Waals surface area contributed by atoms with Gasteiger partial charge < -0.3 is 25.0 Å². The summed E-state index contributed by atoms with van der Waals surface area (Å²) < 4.78 is 10.7. The van der Waals surface area contributed by atoms with E-state index in [1.807, 2.05) is 93.8 Å². The molecule has 0 radical (unpaired) electrons. The van der Waals surface area contributed by atoms with Gasteiger partial charge in [0.15, 0.2) is 5.78 Å². The highest BCUT2D eigenvalue weighted by Crippen LogP contribution is 2.29. The van der Waals surface area contributed by atoms with E-state index >= 15 is 0 Å². The number of Topliss-reactive ketones (excluding diaryl/α,β-unsaturated/α-hetero) is 1. The van der Waals surface area contributed by atoms with Gasteiger partial charge in [-0.3, -0.25) is 9.59 Å². The molecule has 2 amide bonds. The van der Waals surface area contributed by atoms with Gasteiger partial charge in [0.1, 0.15) is 12.4 Å². The summed E-state index contributed by atoms with van der Waals surface area (Å²) in [7, 11) is 5.69. The Morgan fingerprint density at radius 1 is 0.939 bits per heavy atom. The van der Waals surface area contributed by atoms with Crippen LogP contribution in [0.2, 0.25) is 0 Å². The lowest BCUT2D eigenvalue weighted by molar-refractivity contribution is -0.121. The first kappa shape index (κ1) is 37.1. The van der Waals surface area contributed by atoms with Gasteiger partial charge in [0, 0.05) is 30.5 Å². The fraction of sp³-hybridized carbons (Fsp3) is 0.400. The lowest BCUT2D eigenvalue weighted by atomic mass is 9.85. The van der Waals surface area contributed by atoms with Crippen molar-refractivity contribution in [1.29, 1.82) is 0 Å². The quantitative estimate of drug-likeness (QED) is 0.113. The van der Waals surface area contributed by atoms with Crippen LogP contribution in [-0.2, 0) is 16.1 Å². The van der Waals surface area contributed by atoms with Crippen molar-refractivity contribution in [2.75, 3.05) is 34.3 Å². The predicted molar refractivity (Wildman–Crippen MR) is 195 cm³/mol. The number of aromatic nitrogens is 1. The number of rotatable bonds is 17. The number of ether oxygens (including phenoxy) is 2. The molecule has 0 saturated heterocycles. The highest BCUT2D eigenvalue weighted by atomic mass is 16.5. The molecule has 0 aliphatic rings. The van der Waals surface area contributed by atoms with Crippen LogP contribution in [0.15, 0.2) is 78.9 Å². The number of carbonyl (C=O) groups is 3. The van der Waals surface area contributed by atoms with Crippen LogP contribution in [0.5, 0.6) is 5.75 Å². The minimum absolute atomic E-state index is 0.000208. The predicted octanol–water partition coefficient (Wildman–Crippen LogP) is 7.35. The minimum atomic E-state index is -0.675. The number of ketones is 1. The average molecular weight is 667 g/mol. The Hall–Kier alpha value is -4.76. The van der Waals surface area contributed by atoms with E-state index in [4.69, 9.17) is 14.5 Å². The smallest absolute Gasteiger partial charge is 0.407 e. The van der Waals surface area contributed by atoms with Crippen molar-refractivity contribution in [1.82, 2.24) is 20.5 Å². The number of carbonyl (C=O) groups excluding carboxylic acids is 3. The fourth-order valence-electron chi connectivity index (χ4n) is 6.11. The van der Waals surface area contributed by atoms with Crippen LogP contribution in [0.25, 0.3) is 22.2 Å². The van der Waals surface area contributed by atoms with E-state index < -0.39 is 12.1 Å². The van der Waals surface area contributed by atoms with Crippen molar-refractivity contribution in [3.8, 4) is 17.0 Å². The van der Waals surface area contributed by atoms with Crippen molar-refractivity contribution in [3.63, 3.8) is 0 Å². The molecule has 0 spiro atoms. The Labute approximate surface area is 290 Å². The third kappa shape index (κ3) is 11.1. The number of para-hydroxylation sites is 1. The monoisotopic (exact) mass is 666 g/mol. The lowest BCUT2D eigenvalue weighted by Crippen LogP contribution is -2.41. The number of nitrogens with zero attached hydrogens (tertiary/aromatic N) is 2. The molecule has 9 heteroatoms. The number of fused-ring (bicyclic) bond motifs is 1. The Morgan fingerprint density at radius 3 is 2.39 bits per heavy atom. The van der Waals surface area contributed by atoms with Crippen LogP contribution in [0.3, 0.4) is 0 Å². The van der Waals surface area contributed by atoms with E-state index in [0.717, 1.165) is 29.0 Å². The molecule has 9 nitrogen and oxygen atoms in total. The zero-order chi connectivity index (χ0) is 35.4. The largest absolute Gasteiger partial charge is 0.496 e. The molecule has 4 aromatic rings. The Balaban J connectivity index is 1.47. The molecule has 0 bridgehead atoms. The maximum absolute atomic E-state index is 14.0. The molecule has 1 unspecified atom stereocenters. The van der Waals surface area contributed by atoms with Crippen LogP contribution in [0, 0.1) is 12.3 Å². The molecule has 1 aromatic heterocycles. The van der Waals surface area contributed by atoms with Crippen molar-refractivity contribution in [2.45, 2.75) is 65.5 Å². The third-order valence-electron chi connectivity index (χ3n) is 8.54. The number of methoxy groups -OCH3 is 1. The highest BCUT2D eigenvalue weighted by Gasteiger charge is 2.26. The van der Waals surface area contributed by atoms with Gasteiger partial charge >= 0.3 is 6.09 Å². The number of nitrogens with one attached hydrogen (secondary N) is 2. The maximum atomic E-state index is 14.0. The zero-order valence-corrected chi connectivity index (χ0v) is 29.7. The summed E-state index contributed by atoms with van der Waals surface area (Å²) in [5.74, 6) is 0.454. The number of pyridine rings is 1. The topological polar surface area (TPSA) is 110 Å². The van der Waals surface area contributed by atoms with Gasteiger partial charge in [-0.05, 0) is 93.6 Å². The van der Waals surface area contributed by atoms with Gasteiger partial charge in [0.2, 0.25) is 0 Å². The highest BCUT2D eigenvalue weighted by molar-refractivity contribution is 6.08. The Bertz CT molecular complexity index is 1720. The second-order valence-corrected chi connectivity index (χ2v) is 13.6. The van der Waals surface area contributed by atoms with Crippen molar-refractivity contribution in [3.05, 3.63) is 95.6 Å². The molecule has 2 N–H and O–H groups in total. The molecule has 49 heavy (non-hydrogen) atoms.